The molecule has 1 aromatic rings. The van der Waals surface area contributed by atoms with Gasteiger partial charge in [0.2, 0.25) is 5.91 Å². The van der Waals surface area contributed by atoms with E-state index in [0.29, 0.717) is 17.3 Å². The smallest absolute Gasteiger partial charge is 0.266 e. The van der Waals surface area contributed by atoms with Gasteiger partial charge in [0, 0.05) is 18.0 Å². The molecule has 1 aromatic heterocycles. The van der Waals surface area contributed by atoms with Gasteiger partial charge in [-0.2, -0.15) is 0 Å². The van der Waals surface area contributed by atoms with Crippen LogP contribution < -0.4 is 5.32 Å². The van der Waals surface area contributed by atoms with Crippen LogP contribution in [-0.4, -0.2) is 40.3 Å². The lowest BCUT2D eigenvalue weighted by Crippen LogP contribution is -2.47. The van der Waals surface area contributed by atoms with Gasteiger partial charge in [0.1, 0.15) is 4.88 Å². The molecule has 0 aliphatic carbocycles. The summed E-state index contributed by atoms with van der Waals surface area (Å²) < 4.78 is 0. The summed E-state index contributed by atoms with van der Waals surface area (Å²) in [4.78, 5) is 31.3. The molecule has 0 fully saturated rings. The zero-order valence-electron chi connectivity index (χ0n) is 14.6. The van der Waals surface area contributed by atoms with Crippen molar-refractivity contribution in [2.24, 2.45) is 0 Å². The van der Waals surface area contributed by atoms with Crippen molar-refractivity contribution >= 4 is 23.2 Å². The Labute approximate surface area is 137 Å². The molecular weight excluding hydrogens is 298 g/mol. The molecule has 0 bridgehead atoms. The second-order valence-electron chi connectivity index (χ2n) is 6.74. The Kier molecular flexibility index (Phi) is 6.11. The van der Waals surface area contributed by atoms with Crippen LogP contribution in [0.15, 0.2) is 0 Å². The van der Waals surface area contributed by atoms with E-state index in [-0.39, 0.29) is 23.9 Å². The Hall–Kier alpha value is -1.43. The highest BCUT2D eigenvalue weighted by Crippen LogP contribution is 2.25. The normalized spacial score (nSPS) is 11.6. The summed E-state index contributed by atoms with van der Waals surface area (Å²) in [5.41, 5.74) is 0.443. The molecule has 1 N–H and O–H groups in total. The van der Waals surface area contributed by atoms with Gasteiger partial charge >= 0.3 is 0 Å². The van der Waals surface area contributed by atoms with Crippen molar-refractivity contribution in [1.82, 2.24) is 15.2 Å². The maximum absolute atomic E-state index is 12.7. The lowest BCUT2D eigenvalue weighted by Gasteiger charge is -2.24. The molecule has 0 unspecified atom stereocenters. The van der Waals surface area contributed by atoms with Crippen molar-refractivity contribution < 1.29 is 9.59 Å². The number of carbonyl (C=O) groups is 2. The third kappa shape index (κ3) is 5.09. The quantitative estimate of drug-likeness (QED) is 0.905. The summed E-state index contributed by atoms with van der Waals surface area (Å²) in [7, 11) is 0. The highest BCUT2D eigenvalue weighted by molar-refractivity contribution is 7.13. The van der Waals surface area contributed by atoms with Gasteiger partial charge in [0.05, 0.1) is 17.2 Å². The van der Waals surface area contributed by atoms with Gasteiger partial charge in [0.15, 0.2) is 0 Å². The average Bonchev–Trinajstić information content (AvgIpc) is 2.75. The standard InChI is InChI=1S/C16H27N3O2S/c1-8-19(9-12(20)18-16(5,6)7)15(21)13-11(4)17-14(22-13)10(2)3/h10H,8-9H2,1-7H3,(H,18,20). The summed E-state index contributed by atoms with van der Waals surface area (Å²) in [6, 6.07) is 0. The molecular formula is C16H27N3O2S. The van der Waals surface area contributed by atoms with E-state index in [0.717, 1.165) is 10.7 Å². The number of rotatable bonds is 5. The van der Waals surface area contributed by atoms with Gasteiger partial charge in [-0.1, -0.05) is 13.8 Å². The minimum Gasteiger partial charge on any atom is -0.350 e. The van der Waals surface area contributed by atoms with E-state index >= 15 is 0 Å². The number of thiazole rings is 1. The van der Waals surface area contributed by atoms with E-state index in [1.807, 2.05) is 34.6 Å². The van der Waals surface area contributed by atoms with E-state index in [9.17, 15) is 9.59 Å². The fourth-order valence-corrected chi connectivity index (χ4v) is 3.00. The van der Waals surface area contributed by atoms with Crippen molar-refractivity contribution in [3.8, 4) is 0 Å². The van der Waals surface area contributed by atoms with Gasteiger partial charge in [-0.15, -0.1) is 11.3 Å². The molecule has 22 heavy (non-hydrogen) atoms. The van der Waals surface area contributed by atoms with E-state index in [2.05, 4.69) is 24.1 Å². The molecule has 0 aromatic carbocycles. The van der Waals surface area contributed by atoms with Crippen molar-refractivity contribution in [2.75, 3.05) is 13.1 Å². The molecule has 0 saturated carbocycles. The highest BCUT2D eigenvalue weighted by atomic mass is 32.1. The molecule has 0 aliphatic rings. The topological polar surface area (TPSA) is 62.3 Å². The Morgan fingerprint density at radius 3 is 2.32 bits per heavy atom. The summed E-state index contributed by atoms with van der Waals surface area (Å²) in [6.45, 7) is 14.2. The zero-order valence-corrected chi connectivity index (χ0v) is 15.4. The van der Waals surface area contributed by atoms with Crippen LogP contribution in [0, 0.1) is 6.92 Å². The van der Waals surface area contributed by atoms with Crippen LogP contribution in [0.25, 0.3) is 0 Å². The first-order chi connectivity index (χ1) is 10.0. The van der Waals surface area contributed by atoms with Crippen LogP contribution in [-0.2, 0) is 4.79 Å². The molecule has 0 saturated heterocycles. The Morgan fingerprint density at radius 1 is 1.32 bits per heavy atom. The summed E-state index contributed by atoms with van der Waals surface area (Å²) in [6.07, 6.45) is 0. The SMILES string of the molecule is CCN(CC(=O)NC(C)(C)C)C(=O)c1sc(C(C)C)nc1C. The minimum atomic E-state index is -0.301. The van der Waals surface area contributed by atoms with Crippen molar-refractivity contribution in [2.45, 2.75) is 59.9 Å². The summed E-state index contributed by atoms with van der Waals surface area (Å²) in [5, 5.41) is 3.84. The second-order valence-corrected chi connectivity index (χ2v) is 7.77. The molecule has 6 heteroatoms. The summed E-state index contributed by atoms with van der Waals surface area (Å²) in [5.74, 6) is 0.0342. The van der Waals surface area contributed by atoms with Crippen molar-refractivity contribution in [1.29, 1.82) is 0 Å². The van der Waals surface area contributed by atoms with E-state index in [1.165, 1.54) is 11.3 Å². The first-order valence-electron chi connectivity index (χ1n) is 7.62. The molecule has 2 amide bonds. The average molecular weight is 325 g/mol. The fourth-order valence-electron chi connectivity index (χ4n) is 1.96. The van der Waals surface area contributed by atoms with Gasteiger partial charge in [-0.05, 0) is 34.6 Å². The Balaban J connectivity index is 2.87. The first kappa shape index (κ1) is 18.6. The van der Waals surface area contributed by atoms with Crippen LogP contribution in [0.2, 0.25) is 0 Å². The van der Waals surface area contributed by atoms with Gasteiger partial charge in [-0.3, -0.25) is 9.59 Å². The highest BCUT2D eigenvalue weighted by Gasteiger charge is 2.24. The van der Waals surface area contributed by atoms with Gasteiger partial charge < -0.3 is 10.2 Å². The largest absolute Gasteiger partial charge is 0.350 e. The molecule has 0 aliphatic heterocycles. The number of hydrogen-bond donors (Lipinski definition) is 1. The molecule has 0 radical (unpaired) electrons. The lowest BCUT2D eigenvalue weighted by atomic mass is 10.1. The minimum absolute atomic E-state index is 0.0704. The van der Waals surface area contributed by atoms with E-state index in [4.69, 9.17) is 0 Å². The number of nitrogens with zero attached hydrogens (tertiary/aromatic N) is 2. The van der Waals surface area contributed by atoms with Crippen LogP contribution in [0.4, 0.5) is 0 Å². The number of amides is 2. The number of carbonyl (C=O) groups excluding carboxylic acids is 2. The van der Waals surface area contributed by atoms with Gasteiger partial charge in [0.25, 0.3) is 5.91 Å². The number of aryl methyl sites for hydroxylation is 1. The van der Waals surface area contributed by atoms with Crippen molar-refractivity contribution in [3.63, 3.8) is 0 Å². The van der Waals surface area contributed by atoms with Crippen LogP contribution in [0.3, 0.4) is 0 Å². The summed E-state index contributed by atoms with van der Waals surface area (Å²) >= 11 is 1.43. The fraction of sp³-hybridized carbons (Fsp3) is 0.688. The predicted molar refractivity (Wildman–Crippen MR) is 90.4 cm³/mol. The first-order valence-corrected chi connectivity index (χ1v) is 8.44. The number of hydrogen-bond acceptors (Lipinski definition) is 4. The Morgan fingerprint density at radius 2 is 1.91 bits per heavy atom. The van der Waals surface area contributed by atoms with Crippen LogP contribution in [0.1, 0.15) is 67.8 Å². The number of nitrogens with one attached hydrogen (secondary N) is 1. The van der Waals surface area contributed by atoms with Crippen molar-refractivity contribution in [3.05, 3.63) is 15.6 Å². The van der Waals surface area contributed by atoms with E-state index < -0.39 is 0 Å². The molecule has 1 rings (SSSR count). The Bertz CT molecular complexity index is 544. The number of likely N-dealkylation sites (N-methyl/N-ethyl adjacent to an activating group) is 1. The predicted octanol–water partition coefficient (Wildman–Crippen LogP) is 2.95. The maximum atomic E-state index is 12.7. The lowest BCUT2D eigenvalue weighted by molar-refractivity contribution is -0.123. The molecule has 5 nitrogen and oxygen atoms in total. The monoisotopic (exact) mass is 325 g/mol. The zero-order chi connectivity index (χ0) is 17.1. The maximum Gasteiger partial charge on any atom is 0.266 e. The number of aromatic nitrogens is 1. The van der Waals surface area contributed by atoms with Crippen LogP contribution in [0.5, 0.6) is 0 Å². The third-order valence-electron chi connectivity index (χ3n) is 3.02. The third-order valence-corrected chi connectivity index (χ3v) is 4.47. The van der Waals surface area contributed by atoms with Gasteiger partial charge in [-0.25, -0.2) is 4.98 Å². The van der Waals surface area contributed by atoms with E-state index in [1.54, 1.807) is 4.90 Å². The molecule has 124 valence electrons. The molecule has 0 atom stereocenters. The van der Waals surface area contributed by atoms with Crippen LogP contribution >= 0.6 is 11.3 Å². The molecule has 1 heterocycles. The second kappa shape index (κ2) is 7.22. The molecule has 0 spiro atoms.